The molecule has 2 N–H and O–H groups in total. The van der Waals surface area contributed by atoms with Gasteiger partial charge in [0.2, 0.25) is 0 Å². The summed E-state index contributed by atoms with van der Waals surface area (Å²) in [6.45, 7) is 3.51. The zero-order valence-corrected chi connectivity index (χ0v) is 7.13. The normalized spacial score (nSPS) is 39.0. The summed E-state index contributed by atoms with van der Waals surface area (Å²) in [6.07, 6.45) is 5.65. The Morgan fingerprint density at radius 1 is 1.36 bits per heavy atom. The molecule has 2 nitrogen and oxygen atoms in total. The summed E-state index contributed by atoms with van der Waals surface area (Å²) < 4.78 is 0. The molecule has 2 aliphatic heterocycles. The van der Waals surface area contributed by atoms with Gasteiger partial charge in [0, 0.05) is 12.6 Å². The van der Waals surface area contributed by atoms with Gasteiger partial charge in [-0.15, -0.1) is 0 Å². The minimum Gasteiger partial charge on any atom is -0.330 e. The number of hydrogen-bond donors (Lipinski definition) is 1. The third-order valence-electron chi connectivity index (χ3n) is 3.18. The Hall–Kier alpha value is -0.0800. The minimum absolute atomic E-state index is 0.804. The molecule has 0 bridgehead atoms. The number of nitrogens with zero attached hydrogens (tertiary/aromatic N) is 1. The van der Waals surface area contributed by atoms with E-state index in [2.05, 4.69) is 4.90 Å². The zero-order valence-electron chi connectivity index (χ0n) is 7.13. The van der Waals surface area contributed by atoms with E-state index < -0.39 is 0 Å². The van der Waals surface area contributed by atoms with Crippen molar-refractivity contribution in [2.24, 2.45) is 11.7 Å². The molecule has 2 saturated heterocycles. The van der Waals surface area contributed by atoms with Crippen LogP contribution in [-0.2, 0) is 0 Å². The summed E-state index contributed by atoms with van der Waals surface area (Å²) in [4.78, 5) is 2.64. The van der Waals surface area contributed by atoms with Gasteiger partial charge in [0.25, 0.3) is 0 Å². The Morgan fingerprint density at radius 3 is 3.00 bits per heavy atom. The largest absolute Gasteiger partial charge is 0.330 e. The van der Waals surface area contributed by atoms with Crippen molar-refractivity contribution in [1.82, 2.24) is 4.90 Å². The molecule has 64 valence electrons. The highest BCUT2D eigenvalue weighted by atomic mass is 15.2. The van der Waals surface area contributed by atoms with Crippen LogP contribution >= 0.6 is 0 Å². The number of hydrogen-bond acceptors (Lipinski definition) is 2. The van der Waals surface area contributed by atoms with Gasteiger partial charge in [-0.25, -0.2) is 0 Å². The Labute approximate surface area is 68.7 Å². The summed E-state index contributed by atoms with van der Waals surface area (Å²) >= 11 is 0. The standard InChI is InChI=1S/C9H18N2/c10-6-8-5-9-3-1-2-4-11(9)7-8/h8-9H,1-7,10H2/t8-,9-/m1/s1. The maximum atomic E-state index is 5.66. The molecule has 0 aromatic carbocycles. The SMILES string of the molecule is NC[C@H]1C[C@H]2CCCCN2C1. The highest BCUT2D eigenvalue weighted by Crippen LogP contribution is 2.29. The fourth-order valence-corrected chi connectivity index (χ4v) is 2.53. The van der Waals surface area contributed by atoms with Gasteiger partial charge in [0.05, 0.1) is 0 Å². The minimum atomic E-state index is 0.804. The molecular formula is C9H18N2. The summed E-state index contributed by atoms with van der Waals surface area (Å²) in [5, 5.41) is 0. The van der Waals surface area contributed by atoms with E-state index >= 15 is 0 Å². The highest BCUT2D eigenvalue weighted by molar-refractivity contribution is 4.87. The second-order valence-corrected chi connectivity index (χ2v) is 3.98. The summed E-state index contributed by atoms with van der Waals surface area (Å²) in [7, 11) is 0. The molecular weight excluding hydrogens is 136 g/mol. The van der Waals surface area contributed by atoms with E-state index in [4.69, 9.17) is 5.73 Å². The summed E-state index contributed by atoms with van der Waals surface area (Å²) in [6, 6.07) is 0.900. The molecule has 0 aromatic heterocycles. The van der Waals surface area contributed by atoms with Crippen LogP contribution in [0.25, 0.3) is 0 Å². The lowest BCUT2D eigenvalue weighted by molar-refractivity contribution is 0.196. The van der Waals surface area contributed by atoms with E-state index in [1.807, 2.05) is 0 Å². The second kappa shape index (κ2) is 3.11. The molecule has 0 radical (unpaired) electrons. The Morgan fingerprint density at radius 2 is 2.27 bits per heavy atom. The third-order valence-corrected chi connectivity index (χ3v) is 3.18. The summed E-state index contributed by atoms with van der Waals surface area (Å²) in [5.74, 6) is 0.804. The Kier molecular flexibility index (Phi) is 2.14. The lowest BCUT2D eigenvalue weighted by atomic mass is 10.00. The first-order valence-corrected chi connectivity index (χ1v) is 4.84. The van der Waals surface area contributed by atoms with Gasteiger partial charge in [-0.2, -0.15) is 0 Å². The Balaban J connectivity index is 1.92. The molecule has 2 atom stereocenters. The first-order valence-electron chi connectivity index (χ1n) is 4.84. The fraction of sp³-hybridized carbons (Fsp3) is 1.00. The van der Waals surface area contributed by atoms with Crippen molar-refractivity contribution in [3.8, 4) is 0 Å². The third kappa shape index (κ3) is 1.42. The van der Waals surface area contributed by atoms with Gasteiger partial charge < -0.3 is 10.6 Å². The van der Waals surface area contributed by atoms with Crippen LogP contribution in [0.4, 0.5) is 0 Å². The van der Waals surface area contributed by atoms with Gasteiger partial charge in [0.1, 0.15) is 0 Å². The molecule has 0 amide bonds. The van der Waals surface area contributed by atoms with E-state index in [0.717, 1.165) is 18.5 Å². The van der Waals surface area contributed by atoms with Crippen LogP contribution in [0, 0.1) is 5.92 Å². The molecule has 0 aliphatic carbocycles. The zero-order chi connectivity index (χ0) is 7.68. The molecule has 0 spiro atoms. The van der Waals surface area contributed by atoms with Crippen molar-refractivity contribution in [2.75, 3.05) is 19.6 Å². The van der Waals surface area contributed by atoms with Crippen molar-refractivity contribution in [3.63, 3.8) is 0 Å². The predicted octanol–water partition coefficient (Wildman–Crippen LogP) is 0.820. The fourth-order valence-electron chi connectivity index (χ4n) is 2.53. The molecule has 11 heavy (non-hydrogen) atoms. The quantitative estimate of drug-likeness (QED) is 0.606. The van der Waals surface area contributed by atoms with Crippen LogP contribution in [0.2, 0.25) is 0 Å². The van der Waals surface area contributed by atoms with Crippen LogP contribution < -0.4 is 5.73 Å². The maximum absolute atomic E-state index is 5.66. The number of fused-ring (bicyclic) bond motifs is 1. The molecule has 2 aliphatic rings. The van der Waals surface area contributed by atoms with Gasteiger partial charge in [0.15, 0.2) is 0 Å². The van der Waals surface area contributed by atoms with Gasteiger partial charge in [-0.1, -0.05) is 6.42 Å². The van der Waals surface area contributed by atoms with Crippen molar-refractivity contribution in [2.45, 2.75) is 31.7 Å². The van der Waals surface area contributed by atoms with Gasteiger partial charge in [-0.05, 0) is 38.3 Å². The highest BCUT2D eigenvalue weighted by Gasteiger charge is 2.32. The second-order valence-electron chi connectivity index (χ2n) is 3.98. The molecule has 2 rings (SSSR count). The lowest BCUT2D eigenvalue weighted by Gasteiger charge is -2.28. The van der Waals surface area contributed by atoms with E-state index in [1.54, 1.807) is 0 Å². The van der Waals surface area contributed by atoms with Crippen molar-refractivity contribution in [3.05, 3.63) is 0 Å². The van der Waals surface area contributed by atoms with E-state index in [9.17, 15) is 0 Å². The molecule has 0 unspecified atom stereocenters. The average molecular weight is 154 g/mol. The van der Waals surface area contributed by atoms with Crippen LogP contribution in [0.3, 0.4) is 0 Å². The van der Waals surface area contributed by atoms with E-state index in [1.165, 1.54) is 38.8 Å². The van der Waals surface area contributed by atoms with Crippen molar-refractivity contribution < 1.29 is 0 Å². The van der Waals surface area contributed by atoms with Gasteiger partial charge in [-0.3, -0.25) is 0 Å². The Bertz CT molecular complexity index is 122. The van der Waals surface area contributed by atoms with Crippen LogP contribution in [0.15, 0.2) is 0 Å². The average Bonchev–Trinajstić information content (AvgIpc) is 2.46. The number of rotatable bonds is 1. The number of piperidine rings is 1. The maximum Gasteiger partial charge on any atom is 0.00989 e. The smallest absolute Gasteiger partial charge is 0.00989 e. The molecule has 2 heteroatoms. The summed E-state index contributed by atoms with van der Waals surface area (Å²) in [5.41, 5.74) is 5.66. The van der Waals surface area contributed by atoms with E-state index in [0.29, 0.717) is 0 Å². The van der Waals surface area contributed by atoms with Crippen LogP contribution in [-0.4, -0.2) is 30.6 Å². The molecule has 0 aromatic rings. The molecule has 0 saturated carbocycles. The topological polar surface area (TPSA) is 29.3 Å². The molecule has 2 heterocycles. The number of nitrogens with two attached hydrogens (primary N) is 1. The van der Waals surface area contributed by atoms with Gasteiger partial charge >= 0.3 is 0 Å². The lowest BCUT2D eigenvalue weighted by Crippen LogP contribution is -2.34. The van der Waals surface area contributed by atoms with E-state index in [-0.39, 0.29) is 0 Å². The predicted molar refractivity (Wildman–Crippen MR) is 46.4 cm³/mol. The molecule has 2 fully saturated rings. The van der Waals surface area contributed by atoms with Crippen LogP contribution in [0.1, 0.15) is 25.7 Å². The first kappa shape index (κ1) is 7.56. The van der Waals surface area contributed by atoms with Crippen LogP contribution in [0.5, 0.6) is 0 Å². The van der Waals surface area contributed by atoms with Crippen molar-refractivity contribution >= 4 is 0 Å². The van der Waals surface area contributed by atoms with Crippen molar-refractivity contribution in [1.29, 1.82) is 0 Å². The first-order chi connectivity index (χ1) is 5.40. The monoisotopic (exact) mass is 154 g/mol.